The lowest BCUT2D eigenvalue weighted by molar-refractivity contribution is 0.177. The van der Waals surface area contributed by atoms with E-state index in [1.165, 1.54) is 5.12 Å². The van der Waals surface area contributed by atoms with Gasteiger partial charge in [-0.3, -0.25) is 0 Å². The van der Waals surface area contributed by atoms with Crippen molar-refractivity contribution in [1.82, 2.24) is 0 Å². The van der Waals surface area contributed by atoms with Crippen LogP contribution in [0.3, 0.4) is 0 Å². The summed E-state index contributed by atoms with van der Waals surface area (Å²) in [5.74, 6) is 0. The first kappa shape index (κ1) is 6.69. The van der Waals surface area contributed by atoms with Crippen molar-refractivity contribution in [3.63, 3.8) is 0 Å². The quantitative estimate of drug-likeness (QED) is 0.268. The third-order valence-corrected chi connectivity index (χ3v) is 0.474. The van der Waals surface area contributed by atoms with Gasteiger partial charge >= 0.3 is 0 Å². The van der Waals surface area contributed by atoms with Crippen molar-refractivity contribution < 1.29 is 4.84 Å². The highest BCUT2D eigenvalue weighted by Crippen LogP contribution is 1.76. The Labute approximate surface area is 51.0 Å². The Balaban J connectivity index is 2.82. The molecule has 0 saturated carbocycles. The van der Waals surface area contributed by atoms with Crippen LogP contribution >= 0.6 is 15.9 Å². The van der Waals surface area contributed by atoms with Crippen LogP contribution in [0.2, 0.25) is 0 Å². The Morgan fingerprint density at radius 2 is 2.57 bits per heavy atom. The molecule has 0 aromatic heterocycles. The van der Waals surface area contributed by atoms with Crippen molar-refractivity contribution >= 4 is 21.1 Å². The highest BCUT2D eigenvalue weighted by atomic mass is 79.9. The van der Waals surface area contributed by atoms with Gasteiger partial charge in [0.25, 0.3) is 0 Å². The summed E-state index contributed by atoms with van der Waals surface area (Å²) in [6.45, 7) is 3.88. The van der Waals surface area contributed by atoms with Crippen molar-refractivity contribution in [1.29, 1.82) is 0 Å². The maximum Gasteiger partial charge on any atom is 0.135 e. The first-order valence-corrected chi connectivity index (χ1v) is 2.68. The van der Waals surface area contributed by atoms with Gasteiger partial charge in [-0.2, -0.15) is 0 Å². The molecule has 2 nitrogen and oxygen atoms in total. The monoisotopic (exact) mass is 163 g/mol. The summed E-state index contributed by atoms with van der Waals surface area (Å²) in [5, 5.41) is 4.78. The molecule has 0 amide bonds. The Bertz CT molecular complexity index is 72.1. The first-order chi connectivity index (χ1) is 3.41. The molecule has 0 heterocycles. The maximum absolute atomic E-state index is 4.54. The summed E-state index contributed by atoms with van der Waals surface area (Å²) in [6, 6.07) is 0. The third-order valence-electron chi connectivity index (χ3n) is 0.307. The minimum Gasteiger partial charge on any atom is -0.391 e. The van der Waals surface area contributed by atoms with E-state index in [4.69, 9.17) is 0 Å². The van der Waals surface area contributed by atoms with E-state index >= 15 is 0 Å². The fraction of sp³-hybridized carbons (Fsp3) is 0.250. The fourth-order valence-corrected chi connectivity index (χ4v) is 0.242. The largest absolute Gasteiger partial charge is 0.391 e. The van der Waals surface area contributed by atoms with E-state index < -0.39 is 0 Å². The molecule has 0 N–H and O–H groups in total. The molecule has 0 aromatic rings. The molecule has 0 spiro atoms. The number of hydrogen-bond donors (Lipinski definition) is 0. The van der Waals surface area contributed by atoms with Crippen LogP contribution in [0, 0.1) is 0 Å². The molecule has 0 aliphatic heterocycles. The maximum atomic E-state index is 4.54. The van der Waals surface area contributed by atoms with Crippen LogP contribution < -0.4 is 0 Å². The second-order valence-corrected chi connectivity index (χ2v) is 1.20. The summed E-state index contributed by atoms with van der Waals surface area (Å²) in [5.41, 5.74) is 0. The van der Waals surface area contributed by atoms with Gasteiger partial charge in [0.05, 0.1) is 0 Å². The number of hydrogen-bond acceptors (Lipinski definition) is 2. The summed E-state index contributed by atoms with van der Waals surface area (Å²) in [4.78, 5) is 4.54. The van der Waals surface area contributed by atoms with Crippen LogP contribution in [0.5, 0.6) is 0 Å². The molecule has 0 rings (SSSR count). The minimum atomic E-state index is 0.460. The molecule has 0 radical (unpaired) electrons. The van der Waals surface area contributed by atoms with Crippen molar-refractivity contribution in [3.05, 3.63) is 12.7 Å². The number of oxime groups is 1. The molecule has 3 heteroatoms. The van der Waals surface area contributed by atoms with Gasteiger partial charge in [0.1, 0.15) is 11.7 Å². The lowest BCUT2D eigenvalue weighted by atomic mass is 10.7. The number of nitrogens with zero attached hydrogens (tertiary/aromatic N) is 1. The SMILES string of the molecule is C=CCON=CBr. The molecule has 40 valence electrons. The van der Waals surface area contributed by atoms with Gasteiger partial charge in [0, 0.05) is 0 Å². The van der Waals surface area contributed by atoms with E-state index in [0.717, 1.165) is 0 Å². The lowest BCUT2D eigenvalue weighted by Gasteiger charge is -1.85. The molecular formula is C4H6BrNO. The van der Waals surface area contributed by atoms with Gasteiger partial charge in [0.15, 0.2) is 0 Å². The molecule has 0 aliphatic rings. The van der Waals surface area contributed by atoms with Gasteiger partial charge in [-0.1, -0.05) is 17.8 Å². The average Bonchev–Trinajstić information content (AvgIpc) is 1.69. The predicted octanol–water partition coefficient (Wildman–Crippen LogP) is 1.53. The summed E-state index contributed by atoms with van der Waals surface area (Å²) < 4.78 is 0. The number of rotatable bonds is 3. The molecule has 0 fully saturated rings. The van der Waals surface area contributed by atoms with Crippen LogP contribution in [0.1, 0.15) is 0 Å². The average molecular weight is 164 g/mol. The smallest absolute Gasteiger partial charge is 0.135 e. The van der Waals surface area contributed by atoms with Crippen LogP contribution in [-0.2, 0) is 4.84 Å². The first-order valence-electron chi connectivity index (χ1n) is 1.76. The van der Waals surface area contributed by atoms with E-state index in [1.807, 2.05) is 0 Å². The topological polar surface area (TPSA) is 21.6 Å². The van der Waals surface area contributed by atoms with Crippen molar-refractivity contribution in [3.8, 4) is 0 Å². The highest BCUT2D eigenvalue weighted by molar-refractivity contribution is 9.17. The molecule has 7 heavy (non-hydrogen) atoms. The molecular weight excluding hydrogens is 158 g/mol. The zero-order valence-corrected chi connectivity index (χ0v) is 5.39. The molecule has 0 unspecified atom stereocenters. The highest BCUT2D eigenvalue weighted by Gasteiger charge is 1.66. The third kappa shape index (κ3) is 5.69. The van der Waals surface area contributed by atoms with Gasteiger partial charge in [-0.05, 0) is 15.9 Å². The Morgan fingerprint density at radius 1 is 1.86 bits per heavy atom. The molecule has 0 aliphatic carbocycles. The van der Waals surface area contributed by atoms with Crippen molar-refractivity contribution in [2.75, 3.05) is 6.61 Å². The zero-order chi connectivity index (χ0) is 5.54. The van der Waals surface area contributed by atoms with E-state index in [1.54, 1.807) is 6.08 Å². The Hall–Kier alpha value is -0.310. The second kappa shape index (κ2) is 5.69. The standard InChI is InChI=1S/C4H6BrNO/c1-2-3-7-6-4-5/h2,4H,1,3H2. The van der Waals surface area contributed by atoms with Crippen molar-refractivity contribution in [2.24, 2.45) is 5.16 Å². The van der Waals surface area contributed by atoms with Gasteiger partial charge < -0.3 is 4.84 Å². The summed E-state index contributed by atoms with van der Waals surface area (Å²) in [7, 11) is 0. The lowest BCUT2D eigenvalue weighted by Crippen LogP contribution is -1.77. The van der Waals surface area contributed by atoms with E-state index in [2.05, 4.69) is 32.5 Å². The Kier molecular flexibility index (Phi) is 5.44. The molecule has 0 bridgehead atoms. The minimum absolute atomic E-state index is 0.460. The normalized spacial score (nSPS) is 9.29. The zero-order valence-electron chi connectivity index (χ0n) is 3.80. The van der Waals surface area contributed by atoms with Crippen LogP contribution in [-0.4, -0.2) is 11.7 Å². The van der Waals surface area contributed by atoms with E-state index in [0.29, 0.717) is 6.61 Å². The molecule has 0 atom stereocenters. The van der Waals surface area contributed by atoms with Crippen molar-refractivity contribution in [2.45, 2.75) is 0 Å². The summed E-state index contributed by atoms with van der Waals surface area (Å²) >= 11 is 2.93. The predicted molar refractivity (Wildman–Crippen MR) is 33.6 cm³/mol. The van der Waals surface area contributed by atoms with Crippen LogP contribution in [0.25, 0.3) is 0 Å². The van der Waals surface area contributed by atoms with Gasteiger partial charge in [-0.15, -0.1) is 0 Å². The van der Waals surface area contributed by atoms with Gasteiger partial charge in [-0.25, -0.2) is 0 Å². The van der Waals surface area contributed by atoms with Crippen LogP contribution in [0.4, 0.5) is 0 Å². The Morgan fingerprint density at radius 3 is 3.00 bits per heavy atom. The van der Waals surface area contributed by atoms with Crippen LogP contribution in [0.15, 0.2) is 17.8 Å². The van der Waals surface area contributed by atoms with E-state index in [-0.39, 0.29) is 0 Å². The second-order valence-electron chi connectivity index (χ2n) is 0.787. The number of halogens is 1. The van der Waals surface area contributed by atoms with Gasteiger partial charge in [0.2, 0.25) is 0 Å². The van der Waals surface area contributed by atoms with E-state index in [9.17, 15) is 0 Å². The molecule has 0 aromatic carbocycles. The fourth-order valence-electron chi connectivity index (χ4n) is 0.124. The molecule has 0 saturated heterocycles. The summed E-state index contributed by atoms with van der Waals surface area (Å²) in [6.07, 6.45) is 1.62.